The van der Waals surface area contributed by atoms with Gasteiger partial charge in [-0.3, -0.25) is 9.59 Å². The van der Waals surface area contributed by atoms with Gasteiger partial charge in [0.15, 0.2) is 0 Å². The van der Waals surface area contributed by atoms with Crippen LogP contribution >= 0.6 is 0 Å². The fraction of sp³-hybridized carbons (Fsp3) is 0.263. The van der Waals surface area contributed by atoms with Crippen LogP contribution in [-0.2, 0) is 11.2 Å². The summed E-state index contributed by atoms with van der Waals surface area (Å²) >= 11 is 0. The van der Waals surface area contributed by atoms with E-state index in [1.807, 2.05) is 0 Å². The summed E-state index contributed by atoms with van der Waals surface area (Å²) in [5.41, 5.74) is 0.396. The molecule has 1 aliphatic rings. The van der Waals surface area contributed by atoms with Gasteiger partial charge in [0.1, 0.15) is 17.5 Å². The van der Waals surface area contributed by atoms with Crippen molar-refractivity contribution in [2.24, 2.45) is 0 Å². The van der Waals surface area contributed by atoms with Crippen molar-refractivity contribution in [3.63, 3.8) is 0 Å². The largest absolute Gasteiger partial charge is 0.339 e. The quantitative estimate of drug-likeness (QED) is 0.842. The molecule has 0 aliphatic carbocycles. The standard InChI is InChI=1S/C19H17F3N2O2/c20-14-3-1-13(2-4-14)11-18(25)23-7-9-24(10-8-23)19(26)16-12-15(21)5-6-17(16)22/h1-6,12H,7-11H2. The monoisotopic (exact) mass is 362 g/mol. The molecule has 0 radical (unpaired) electrons. The minimum atomic E-state index is -0.772. The molecule has 1 aliphatic heterocycles. The molecule has 2 amide bonds. The SMILES string of the molecule is O=C(Cc1ccc(F)cc1)N1CCN(C(=O)c2cc(F)ccc2F)CC1. The Labute approximate surface area is 148 Å². The summed E-state index contributed by atoms with van der Waals surface area (Å²) in [5, 5.41) is 0. The highest BCUT2D eigenvalue weighted by Gasteiger charge is 2.26. The molecule has 26 heavy (non-hydrogen) atoms. The number of piperazine rings is 1. The van der Waals surface area contributed by atoms with Gasteiger partial charge < -0.3 is 9.80 Å². The number of carbonyl (C=O) groups is 2. The molecule has 2 aromatic rings. The van der Waals surface area contributed by atoms with Gasteiger partial charge in [0, 0.05) is 26.2 Å². The molecule has 0 atom stereocenters. The van der Waals surface area contributed by atoms with E-state index in [0.717, 1.165) is 18.2 Å². The second-order valence-electron chi connectivity index (χ2n) is 6.10. The van der Waals surface area contributed by atoms with E-state index in [2.05, 4.69) is 0 Å². The maximum absolute atomic E-state index is 13.7. The molecule has 0 N–H and O–H groups in total. The third-order valence-electron chi connectivity index (χ3n) is 4.35. The van der Waals surface area contributed by atoms with Crippen LogP contribution in [0.2, 0.25) is 0 Å². The summed E-state index contributed by atoms with van der Waals surface area (Å²) in [5.74, 6) is -2.53. The zero-order valence-corrected chi connectivity index (χ0v) is 13.9. The third kappa shape index (κ3) is 4.04. The molecule has 2 aromatic carbocycles. The molecule has 4 nitrogen and oxygen atoms in total. The van der Waals surface area contributed by atoms with Crippen molar-refractivity contribution >= 4 is 11.8 Å². The normalized spacial score (nSPS) is 14.4. The molecule has 3 rings (SSSR count). The van der Waals surface area contributed by atoms with Crippen LogP contribution in [0, 0.1) is 17.5 Å². The lowest BCUT2D eigenvalue weighted by molar-refractivity contribution is -0.131. The highest BCUT2D eigenvalue weighted by Crippen LogP contribution is 2.15. The molecule has 0 unspecified atom stereocenters. The summed E-state index contributed by atoms with van der Waals surface area (Å²) in [6.45, 7) is 1.10. The Bertz CT molecular complexity index is 816. The average molecular weight is 362 g/mol. The Morgan fingerprint density at radius 3 is 2.04 bits per heavy atom. The fourth-order valence-corrected chi connectivity index (χ4v) is 2.88. The minimum absolute atomic E-state index is 0.124. The van der Waals surface area contributed by atoms with E-state index in [-0.39, 0.29) is 36.8 Å². The second kappa shape index (κ2) is 7.59. The van der Waals surface area contributed by atoms with E-state index >= 15 is 0 Å². The average Bonchev–Trinajstić information content (AvgIpc) is 2.65. The lowest BCUT2D eigenvalue weighted by atomic mass is 10.1. The van der Waals surface area contributed by atoms with Crippen LogP contribution in [0.3, 0.4) is 0 Å². The molecule has 0 spiro atoms. The summed E-state index contributed by atoms with van der Waals surface area (Å²) in [4.78, 5) is 27.7. The molecule has 7 heteroatoms. The summed E-state index contributed by atoms with van der Waals surface area (Å²) < 4.78 is 39.9. The highest BCUT2D eigenvalue weighted by atomic mass is 19.1. The van der Waals surface area contributed by atoms with E-state index in [1.165, 1.54) is 17.0 Å². The van der Waals surface area contributed by atoms with Crippen LogP contribution < -0.4 is 0 Å². The first-order valence-electron chi connectivity index (χ1n) is 8.20. The lowest BCUT2D eigenvalue weighted by Crippen LogP contribution is -2.51. The van der Waals surface area contributed by atoms with E-state index in [4.69, 9.17) is 0 Å². The molecule has 0 saturated carbocycles. The van der Waals surface area contributed by atoms with Crippen LogP contribution in [0.5, 0.6) is 0 Å². The number of halogens is 3. The lowest BCUT2D eigenvalue weighted by Gasteiger charge is -2.35. The van der Waals surface area contributed by atoms with Crippen molar-refractivity contribution in [1.29, 1.82) is 0 Å². The van der Waals surface area contributed by atoms with Gasteiger partial charge in [0.05, 0.1) is 12.0 Å². The van der Waals surface area contributed by atoms with Crippen molar-refractivity contribution < 1.29 is 22.8 Å². The van der Waals surface area contributed by atoms with Crippen molar-refractivity contribution in [2.75, 3.05) is 26.2 Å². The Morgan fingerprint density at radius 1 is 0.808 bits per heavy atom. The van der Waals surface area contributed by atoms with Gasteiger partial charge in [0.2, 0.25) is 5.91 Å². The molecule has 1 fully saturated rings. The van der Waals surface area contributed by atoms with Crippen LogP contribution in [0.25, 0.3) is 0 Å². The Balaban J connectivity index is 1.58. The molecule has 136 valence electrons. The first-order chi connectivity index (χ1) is 12.4. The van der Waals surface area contributed by atoms with Gasteiger partial charge in [-0.25, -0.2) is 13.2 Å². The van der Waals surface area contributed by atoms with Gasteiger partial charge in [0.25, 0.3) is 5.91 Å². The Morgan fingerprint density at radius 2 is 1.38 bits per heavy atom. The van der Waals surface area contributed by atoms with Gasteiger partial charge in [-0.2, -0.15) is 0 Å². The van der Waals surface area contributed by atoms with Gasteiger partial charge >= 0.3 is 0 Å². The first kappa shape index (κ1) is 18.0. The molecule has 1 saturated heterocycles. The van der Waals surface area contributed by atoms with Crippen molar-refractivity contribution in [1.82, 2.24) is 9.80 Å². The zero-order chi connectivity index (χ0) is 18.7. The number of hydrogen-bond acceptors (Lipinski definition) is 2. The number of rotatable bonds is 3. The molecule has 0 aromatic heterocycles. The van der Waals surface area contributed by atoms with E-state index in [1.54, 1.807) is 17.0 Å². The van der Waals surface area contributed by atoms with Crippen LogP contribution in [0.1, 0.15) is 15.9 Å². The summed E-state index contributed by atoms with van der Waals surface area (Å²) in [6, 6.07) is 8.46. The maximum Gasteiger partial charge on any atom is 0.257 e. The summed E-state index contributed by atoms with van der Waals surface area (Å²) in [6.07, 6.45) is 0.146. The number of nitrogens with zero attached hydrogens (tertiary/aromatic N) is 2. The molecule has 1 heterocycles. The molecular weight excluding hydrogens is 345 g/mol. The fourth-order valence-electron chi connectivity index (χ4n) is 2.88. The van der Waals surface area contributed by atoms with Crippen molar-refractivity contribution in [3.8, 4) is 0 Å². The minimum Gasteiger partial charge on any atom is -0.339 e. The Hall–Kier alpha value is -2.83. The number of benzene rings is 2. The zero-order valence-electron chi connectivity index (χ0n) is 13.9. The number of hydrogen-bond donors (Lipinski definition) is 0. The van der Waals surface area contributed by atoms with Crippen molar-refractivity contribution in [2.45, 2.75) is 6.42 Å². The van der Waals surface area contributed by atoms with Crippen LogP contribution in [-0.4, -0.2) is 47.8 Å². The topological polar surface area (TPSA) is 40.6 Å². The van der Waals surface area contributed by atoms with Gasteiger partial charge in [-0.05, 0) is 35.9 Å². The first-order valence-corrected chi connectivity index (χ1v) is 8.20. The van der Waals surface area contributed by atoms with Crippen LogP contribution in [0.4, 0.5) is 13.2 Å². The third-order valence-corrected chi connectivity index (χ3v) is 4.35. The maximum atomic E-state index is 13.7. The van der Waals surface area contributed by atoms with Crippen LogP contribution in [0.15, 0.2) is 42.5 Å². The number of carbonyl (C=O) groups excluding carboxylic acids is 2. The van der Waals surface area contributed by atoms with E-state index in [0.29, 0.717) is 18.7 Å². The predicted octanol–water partition coefficient (Wildman–Crippen LogP) is 2.63. The highest BCUT2D eigenvalue weighted by molar-refractivity contribution is 5.94. The van der Waals surface area contributed by atoms with E-state index < -0.39 is 17.5 Å². The predicted molar refractivity (Wildman–Crippen MR) is 88.9 cm³/mol. The van der Waals surface area contributed by atoms with Gasteiger partial charge in [-0.15, -0.1) is 0 Å². The Kier molecular flexibility index (Phi) is 5.25. The van der Waals surface area contributed by atoms with E-state index in [9.17, 15) is 22.8 Å². The number of amides is 2. The van der Waals surface area contributed by atoms with Crippen molar-refractivity contribution in [3.05, 3.63) is 71.0 Å². The molecular formula is C19H17F3N2O2. The summed E-state index contributed by atoms with van der Waals surface area (Å²) in [7, 11) is 0. The second-order valence-corrected chi connectivity index (χ2v) is 6.10. The van der Waals surface area contributed by atoms with Gasteiger partial charge in [-0.1, -0.05) is 12.1 Å². The molecule has 0 bridgehead atoms. The smallest absolute Gasteiger partial charge is 0.257 e.